The lowest BCUT2D eigenvalue weighted by atomic mass is 9.97. The minimum absolute atomic E-state index is 0.595. The van der Waals surface area contributed by atoms with Gasteiger partial charge in [-0.1, -0.05) is 6.07 Å². The second kappa shape index (κ2) is 5.36. The van der Waals surface area contributed by atoms with Crippen LogP contribution in [0, 0.1) is 5.92 Å². The number of nitrogens with zero attached hydrogens (tertiary/aromatic N) is 3. The first-order chi connectivity index (χ1) is 8.15. The van der Waals surface area contributed by atoms with Crippen molar-refractivity contribution in [2.75, 3.05) is 44.4 Å². The predicted molar refractivity (Wildman–Crippen MR) is 72.1 cm³/mol. The van der Waals surface area contributed by atoms with E-state index >= 15 is 0 Å². The first-order valence-electron chi connectivity index (χ1n) is 6.27. The van der Waals surface area contributed by atoms with Crippen molar-refractivity contribution in [1.29, 1.82) is 0 Å². The number of rotatable bonds is 3. The summed E-state index contributed by atoms with van der Waals surface area (Å²) in [6.45, 7) is 3.50. The van der Waals surface area contributed by atoms with Crippen molar-refractivity contribution in [1.82, 2.24) is 9.88 Å². The van der Waals surface area contributed by atoms with Crippen molar-refractivity contribution < 1.29 is 0 Å². The molecule has 0 bridgehead atoms. The van der Waals surface area contributed by atoms with Crippen LogP contribution in [0.4, 0.5) is 11.6 Å². The molecule has 4 nitrogen and oxygen atoms in total. The second-order valence-electron chi connectivity index (χ2n) is 5.05. The highest BCUT2D eigenvalue weighted by molar-refractivity contribution is 5.44. The molecule has 0 aromatic carbocycles. The van der Waals surface area contributed by atoms with E-state index < -0.39 is 0 Å². The predicted octanol–water partition coefficient (Wildman–Crippen LogP) is 1.44. The smallest absolute Gasteiger partial charge is 0.130 e. The quantitative estimate of drug-likeness (QED) is 0.859. The molecule has 0 spiro atoms. The number of anilines is 2. The van der Waals surface area contributed by atoms with Crippen LogP contribution >= 0.6 is 0 Å². The number of nitrogens with two attached hydrogens (primary N) is 1. The number of piperidine rings is 1. The van der Waals surface area contributed by atoms with Gasteiger partial charge in [0.1, 0.15) is 11.6 Å². The third-order valence-corrected chi connectivity index (χ3v) is 3.52. The Hall–Kier alpha value is -1.29. The van der Waals surface area contributed by atoms with E-state index in [1.165, 1.54) is 25.9 Å². The summed E-state index contributed by atoms with van der Waals surface area (Å²) in [6, 6.07) is 5.81. The molecule has 0 saturated carbocycles. The van der Waals surface area contributed by atoms with Crippen LogP contribution in [0.3, 0.4) is 0 Å². The van der Waals surface area contributed by atoms with Gasteiger partial charge in [0.05, 0.1) is 0 Å². The molecule has 1 saturated heterocycles. The van der Waals surface area contributed by atoms with E-state index in [4.69, 9.17) is 5.73 Å². The summed E-state index contributed by atoms with van der Waals surface area (Å²) in [5.74, 6) is 2.35. The molecule has 1 aliphatic heterocycles. The number of likely N-dealkylation sites (tertiary alicyclic amines) is 1. The van der Waals surface area contributed by atoms with Gasteiger partial charge in [0.2, 0.25) is 0 Å². The van der Waals surface area contributed by atoms with E-state index in [9.17, 15) is 0 Å². The topological polar surface area (TPSA) is 45.4 Å². The van der Waals surface area contributed by atoms with Crippen molar-refractivity contribution in [3.05, 3.63) is 18.2 Å². The van der Waals surface area contributed by atoms with Crippen LogP contribution in [0.2, 0.25) is 0 Å². The second-order valence-corrected chi connectivity index (χ2v) is 5.05. The maximum atomic E-state index is 5.70. The van der Waals surface area contributed by atoms with E-state index in [1.807, 2.05) is 18.2 Å². The lowest BCUT2D eigenvalue weighted by Gasteiger charge is -2.32. The molecule has 4 heteroatoms. The lowest BCUT2D eigenvalue weighted by molar-refractivity contribution is 0.222. The fourth-order valence-electron chi connectivity index (χ4n) is 2.38. The van der Waals surface area contributed by atoms with Gasteiger partial charge in [0.15, 0.2) is 0 Å². The van der Waals surface area contributed by atoms with Gasteiger partial charge < -0.3 is 15.5 Å². The summed E-state index contributed by atoms with van der Waals surface area (Å²) < 4.78 is 0. The van der Waals surface area contributed by atoms with Crippen molar-refractivity contribution in [2.24, 2.45) is 5.92 Å². The Kier molecular flexibility index (Phi) is 3.84. The van der Waals surface area contributed by atoms with Gasteiger partial charge in [-0.3, -0.25) is 0 Å². The van der Waals surface area contributed by atoms with Crippen LogP contribution in [-0.4, -0.2) is 43.6 Å². The number of hydrogen-bond donors (Lipinski definition) is 1. The van der Waals surface area contributed by atoms with Gasteiger partial charge in [0.25, 0.3) is 0 Å². The maximum absolute atomic E-state index is 5.70. The Morgan fingerprint density at radius 3 is 2.76 bits per heavy atom. The normalized spacial score (nSPS) is 18.2. The van der Waals surface area contributed by atoms with Crippen molar-refractivity contribution in [2.45, 2.75) is 12.8 Å². The van der Waals surface area contributed by atoms with Gasteiger partial charge in [-0.2, -0.15) is 0 Å². The molecule has 0 radical (unpaired) electrons. The van der Waals surface area contributed by atoms with E-state index in [0.717, 1.165) is 18.3 Å². The molecule has 2 heterocycles. The lowest BCUT2D eigenvalue weighted by Crippen LogP contribution is -2.36. The van der Waals surface area contributed by atoms with Gasteiger partial charge in [-0.25, -0.2) is 4.98 Å². The van der Waals surface area contributed by atoms with Crippen LogP contribution in [0.25, 0.3) is 0 Å². The largest absolute Gasteiger partial charge is 0.384 e. The highest BCUT2D eigenvalue weighted by Gasteiger charge is 2.18. The number of nitrogen functional groups attached to an aromatic ring is 1. The molecular weight excluding hydrogens is 212 g/mol. The summed E-state index contributed by atoms with van der Waals surface area (Å²) >= 11 is 0. The van der Waals surface area contributed by atoms with E-state index in [1.54, 1.807) is 0 Å². The molecule has 2 N–H and O–H groups in total. The van der Waals surface area contributed by atoms with E-state index in [2.05, 4.69) is 28.9 Å². The molecule has 94 valence electrons. The van der Waals surface area contributed by atoms with Gasteiger partial charge in [0, 0.05) is 13.6 Å². The minimum atomic E-state index is 0.595. The fourth-order valence-corrected chi connectivity index (χ4v) is 2.38. The van der Waals surface area contributed by atoms with Crippen LogP contribution in [0.15, 0.2) is 18.2 Å². The first kappa shape index (κ1) is 12.2. The number of pyridine rings is 1. The molecule has 0 unspecified atom stereocenters. The minimum Gasteiger partial charge on any atom is -0.384 e. The molecule has 1 aromatic rings. The van der Waals surface area contributed by atoms with E-state index in [-0.39, 0.29) is 0 Å². The molecule has 1 aromatic heterocycles. The zero-order valence-electron chi connectivity index (χ0n) is 10.8. The fraction of sp³-hybridized carbons (Fsp3) is 0.615. The highest BCUT2D eigenvalue weighted by Crippen LogP contribution is 2.19. The van der Waals surface area contributed by atoms with Crippen LogP contribution in [0.5, 0.6) is 0 Å². The average molecular weight is 234 g/mol. The van der Waals surface area contributed by atoms with E-state index in [0.29, 0.717) is 5.82 Å². The highest BCUT2D eigenvalue weighted by atomic mass is 15.2. The standard InChI is InChI=1S/C13H22N4/c1-16-8-6-11(7-9-16)10-17(2)13-5-3-4-12(14)15-13/h3-5,11H,6-10H2,1-2H3,(H2,14,15). The SMILES string of the molecule is CN1CCC(CN(C)c2cccc(N)n2)CC1. The van der Waals surface area contributed by atoms with Crippen molar-refractivity contribution >= 4 is 11.6 Å². The third kappa shape index (κ3) is 3.33. The van der Waals surface area contributed by atoms with Gasteiger partial charge in [-0.05, 0) is 51.0 Å². The Morgan fingerprint density at radius 1 is 1.41 bits per heavy atom. The molecule has 17 heavy (non-hydrogen) atoms. The van der Waals surface area contributed by atoms with Crippen molar-refractivity contribution in [3.63, 3.8) is 0 Å². The Morgan fingerprint density at radius 2 is 2.12 bits per heavy atom. The summed E-state index contributed by atoms with van der Waals surface area (Å²) in [5.41, 5.74) is 5.70. The zero-order valence-corrected chi connectivity index (χ0v) is 10.8. The Bertz CT molecular complexity index is 358. The number of hydrogen-bond acceptors (Lipinski definition) is 4. The first-order valence-corrected chi connectivity index (χ1v) is 6.27. The molecule has 1 fully saturated rings. The zero-order chi connectivity index (χ0) is 12.3. The van der Waals surface area contributed by atoms with Crippen LogP contribution < -0.4 is 10.6 Å². The summed E-state index contributed by atoms with van der Waals surface area (Å²) in [4.78, 5) is 8.96. The third-order valence-electron chi connectivity index (χ3n) is 3.52. The Labute approximate surface area is 103 Å². The number of aromatic nitrogens is 1. The molecule has 0 aliphatic carbocycles. The van der Waals surface area contributed by atoms with Crippen LogP contribution in [-0.2, 0) is 0 Å². The molecule has 0 amide bonds. The van der Waals surface area contributed by atoms with Gasteiger partial charge in [-0.15, -0.1) is 0 Å². The Balaban J connectivity index is 1.90. The summed E-state index contributed by atoms with van der Waals surface area (Å²) in [6.07, 6.45) is 2.56. The molecular formula is C13H22N4. The van der Waals surface area contributed by atoms with Crippen LogP contribution in [0.1, 0.15) is 12.8 Å². The molecule has 0 atom stereocenters. The maximum Gasteiger partial charge on any atom is 0.130 e. The average Bonchev–Trinajstić information content (AvgIpc) is 2.32. The molecule has 2 rings (SSSR count). The van der Waals surface area contributed by atoms with Crippen molar-refractivity contribution in [3.8, 4) is 0 Å². The van der Waals surface area contributed by atoms with Gasteiger partial charge >= 0.3 is 0 Å². The monoisotopic (exact) mass is 234 g/mol. The molecule has 1 aliphatic rings. The summed E-state index contributed by atoms with van der Waals surface area (Å²) in [7, 11) is 4.29. The summed E-state index contributed by atoms with van der Waals surface area (Å²) in [5, 5.41) is 0.